The maximum absolute atomic E-state index is 14.0. The fourth-order valence-corrected chi connectivity index (χ4v) is 3.44. The lowest BCUT2D eigenvalue weighted by Gasteiger charge is -2.16. The lowest BCUT2D eigenvalue weighted by Crippen LogP contribution is -2.29. The number of aromatic carboxylic acids is 1. The van der Waals surface area contributed by atoms with Crippen molar-refractivity contribution in [1.29, 1.82) is 0 Å². The van der Waals surface area contributed by atoms with Crippen LogP contribution in [0.3, 0.4) is 0 Å². The molecule has 0 radical (unpaired) electrons. The van der Waals surface area contributed by atoms with Crippen LogP contribution in [0.25, 0.3) is 0 Å². The number of para-hydroxylation sites is 1. The molecular formula is C17H14F2O4S. The number of fused-ring (bicyclic) bond motifs is 1. The summed E-state index contributed by atoms with van der Waals surface area (Å²) in [6.07, 6.45) is 0. The summed E-state index contributed by atoms with van der Waals surface area (Å²) in [6.45, 7) is 3.52. The van der Waals surface area contributed by atoms with Crippen LogP contribution in [0.15, 0.2) is 35.2 Å². The predicted octanol–water partition coefficient (Wildman–Crippen LogP) is 4.46. The Hall–Kier alpha value is -2.28. The Balaban J connectivity index is 1.90. The average molecular weight is 352 g/mol. The summed E-state index contributed by atoms with van der Waals surface area (Å²) in [4.78, 5) is 11.9. The van der Waals surface area contributed by atoms with Gasteiger partial charge < -0.3 is 14.6 Å². The van der Waals surface area contributed by atoms with Crippen LogP contribution in [-0.4, -0.2) is 16.9 Å². The molecule has 0 saturated heterocycles. The number of benzene rings is 2. The van der Waals surface area contributed by atoms with Crippen molar-refractivity contribution in [3.8, 4) is 11.5 Å². The molecule has 0 amide bonds. The van der Waals surface area contributed by atoms with Crippen LogP contribution in [0.4, 0.5) is 8.78 Å². The van der Waals surface area contributed by atoms with Gasteiger partial charge in [0, 0.05) is 25.2 Å². The molecule has 2 aromatic carbocycles. The van der Waals surface area contributed by atoms with Gasteiger partial charge in [0.15, 0.2) is 23.1 Å². The fourth-order valence-electron chi connectivity index (χ4n) is 2.41. The Kier molecular flexibility index (Phi) is 4.13. The summed E-state index contributed by atoms with van der Waals surface area (Å²) < 4.78 is 38.8. The van der Waals surface area contributed by atoms with Crippen molar-refractivity contribution in [3.05, 3.63) is 53.1 Å². The number of carboxylic acid groups (broad SMARTS) is 1. The number of hydrogen-bond donors (Lipinski definition) is 1. The maximum Gasteiger partial charge on any atom is 0.336 e. The van der Waals surface area contributed by atoms with E-state index in [1.165, 1.54) is 0 Å². The van der Waals surface area contributed by atoms with Crippen molar-refractivity contribution in [2.24, 2.45) is 0 Å². The number of rotatable bonds is 4. The summed E-state index contributed by atoms with van der Waals surface area (Å²) >= 11 is 1.16. The number of halogens is 2. The number of carbonyl (C=O) groups is 1. The van der Waals surface area contributed by atoms with Gasteiger partial charge in [0.25, 0.3) is 0 Å². The van der Waals surface area contributed by atoms with E-state index < -0.39 is 23.4 Å². The van der Waals surface area contributed by atoms with Gasteiger partial charge in [-0.3, -0.25) is 0 Å². The summed E-state index contributed by atoms with van der Waals surface area (Å²) in [7, 11) is 0. The number of ether oxygens (including phenoxy) is 2. The van der Waals surface area contributed by atoms with Crippen molar-refractivity contribution in [3.63, 3.8) is 0 Å². The SMILES string of the molecule is CC1(C)Oc2cccc(SCc3c(C(=O)O)ccc(F)c3F)c2O1. The van der Waals surface area contributed by atoms with Gasteiger partial charge in [-0.15, -0.1) is 11.8 Å². The third-order valence-electron chi connectivity index (χ3n) is 3.44. The Morgan fingerprint density at radius 3 is 2.67 bits per heavy atom. The average Bonchev–Trinajstić information content (AvgIpc) is 2.82. The van der Waals surface area contributed by atoms with Crippen LogP contribution in [-0.2, 0) is 5.75 Å². The lowest BCUT2D eigenvalue weighted by atomic mass is 10.1. The molecule has 4 nitrogen and oxygen atoms in total. The van der Waals surface area contributed by atoms with E-state index in [2.05, 4.69) is 0 Å². The van der Waals surface area contributed by atoms with Crippen LogP contribution in [0.2, 0.25) is 0 Å². The van der Waals surface area contributed by atoms with Gasteiger partial charge in [-0.25, -0.2) is 13.6 Å². The first-order valence-corrected chi connectivity index (χ1v) is 8.11. The zero-order chi connectivity index (χ0) is 17.5. The number of hydrogen-bond acceptors (Lipinski definition) is 4. The molecule has 0 saturated carbocycles. The monoisotopic (exact) mass is 352 g/mol. The Morgan fingerprint density at radius 1 is 1.21 bits per heavy atom. The molecule has 1 aliphatic rings. The van der Waals surface area contributed by atoms with Gasteiger partial charge in [-0.2, -0.15) is 0 Å². The van der Waals surface area contributed by atoms with Gasteiger partial charge in [0.05, 0.1) is 10.5 Å². The van der Waals surface area contributed by atoms with Gasteiger partial charge >= 0.3 is 5.97 Å². The Morgan fingerprint density at radius 2 is 1.96 bits per heavy atom. The quantitative estimate of drug-likeness (QED) is 0.823. The van der Waals surface area contributed by atoms with Gasteiger partial charge in [-0.1, -0.05) is 6.07 Å². The van der Waals surface area contributed by atoms with E-state index in [1.54, 1.807) is 32.0 Å². The molecule has 1 aliphatic heterocycles. The molecule has 0 spiro atoms. The van der Waals surface area contributed by atoms with Gasteiger partial charge in [-0.05, 0) is 24.3 Å². The highest BCUT2D eigenvalue weighted by Crippen LogP contribution is 2.46. The predicted molar refractivity (Wildman–Crippen MR) is 84.7 cm³/mol. The Bertz CT molecular complexity index is 820. The second-order valence-corrected chi connectivity index (χ2v) is 6.69. The zero-order valence-corrected chi connectivity index (χ0v) is 13.7. The minimum absolute atomic E-state index is 0.0501. The van der Waals surface area contributed by atoms with E-state index in [0.29, 0.717) is 16.4 Å². The van der Waals surface area contributed by atoms with E-state index in [0.717, 1.165) is 23.9 Å². The van der Waals surface area contributed by atoms with E-state index in [-0.39, 0.29) is 16.9 Å². The normalized spacial score (nSPS) is 14.7. The summed E-state index contributed by atoms with van der Waals surface area (Å²) in [5.41, 5.74) is -0.449. The van der Waals surface area contributed by atoms with Crippen LogP contribution < -0.4 is 9.47 Å². The fraction of sp³-hybridized carbons (Fsp3) is 0.235. The standard InChI is InChI=1S/C17H14F2O4S/c1-17(2)22-12-4-3-5-13(15(12)23-17)24-8-10-9(16(20)21)6-7-11(18)14(10)19/h3-7H,8H2,1-2H3,(H,20,21). The summed E-state index contributed by atoms with van der Waals surface area (Å²) in [5, 5.41) is 9.16. The van der Waals surface area contributed by atoms with Crippen molar-refractivity contribution >= 4 is 17.7 Å². The van der Waals surface area contributed by atoms with E-state index in [4.69, 9.17) is 14.6 Å². The highest BCUT2D eigenvalue weighted by atomic mass is 32.2. The zero-order valence-electron chi connectivity index (χ0n) is 12.9. The smallest absolute Gasteiger partial charge is 0.336 e. The van der Waals surface area contributed by atoms with E-state index >= 15 is 0 Å². The number of thioether (sulfide) groups is 1. The summed E-state index contributed by atoms with van der Waals surface area (Å²) in [5.74, 6) is -3.31. The van der Waals surface area contributed by atoms with E-state index in [9.17, 15) is 13.6 Å². The van der Waals surface area contributed by atoms with Crippen molar-refractivity contribution in [1.82, 2.24) is 0 Å². The lowest BCUT2D eigenvalue weighted by molar-refractivity contribution is -0.0441. The Labute approximate surface area is 141 Å². The molecule has 1 heterocycles. The molecule has 0 fully saturated rings. The number of carboxylic acids is 1. The molecule has 0 unspecified atom stereocenters. The van der Waals surface area contributed by atoms with Gasteiger partial charge in [0.2, 0.25) is 5.79 Å². The maximum atomic E-state index is 14.0. The van der Waals surface area contributed by atoms with Crippen molar-refractivity contribution < 1.29 is 28.2 Å². The molecule has 0 atom stereocenters. The molecule has 3 rings (SSSR count). The molecule has 1 N–H and O–H groups in total. The molecule has 126 valence electrons. The highest BCUT2D eigenvalue weighted by molar-refractivity contribution is 7.98. The van der Waals surface area contributed by atoms with Gasteiger partial charge in [0.1, 0.15) is 0 Å². The topological polar surface area (TPSA) is 55.8 Å². The van der Waals surface area contributed by atoms with E-state index in [1.807, 2.05) is 0 Å². The minimum atomic E-state index is -1.30. The van der Waals surface area contributed by atoms with Crippen LogP contribution in [0, 0.1) is 11.6 Å². The molecule has 0 aliphatic carbocycles. The second-order valence-electron chi connectivity index (χ2n) is 5.67. The van der Waals surface area contributed by atoms with Crippen LogP contribution >= 0.6 is 11.8 Å². The first kappa shape index (κ1) is 16.6. The largest absolute Gasteiger partial charge is 0.478 e. The van der Waals surface area contributed by atoms with Crippen LogP contribution in [0.1, 0.15) is 29.8 Å². The van der Waals surface area contributed by atoms with Crippen LogP contribution in [0.5, 0.6) is 11.5 Å². The molecule has 24 heavy (non-hydrogen) atoms. The first-order valence-electron chi connectivity index (χ1n) is 7.12. The first-order chi connectivity index (χ1) is 11.3. The second kappa shape index (κ2) is 5.98. The molecule has 2 aromatic rings. The molecule has 0 bridgehead atoms. The minimum Gasteiger partial charge on any atom is -0.478 e. The third-order valence-corrected chi connectivity index (χ3v) is 4.51. The molecule has 7 heteroatoms. The summed E-state index contributed by atoms with van der Waals surface area (Å²) in [6, 6.07) is 7.14. The van der Waals surface area contributed by atoms with Crippen molar-refractivity contribution in [2.45, 2.75) is 30.3 Å². The highest BCUT2D eigenvalue weighted by Gasteiger charge is 2.33. The molecular weight excluding hydrogens is 338 g/mol. The molecule has 0 aromatic heterocycles. The third kappa shape index (κ3) is 3.03. The van der Waals surface area contributed by atoms with Crippen molar-refractivity contribution in [2.75, 3.05) is 0 Å².